The van der Waals surface area contributed by atoms with E-state index in [-0.39, 0.29) is 36.3 Å². The summed E-state index contributed by atoms with van der Waals surface area (Å²) in [6.45, 7) is 4.44. The fourth-order valence-electron chi connectivity index (χ4n) is 6.46. The van der Waals surface area contributed by atoms with Gasteiger partial charge in [0.2, 0.25) is 0 Å². The molecule has 0 bridgehead atoms. The fourth-order valence-corrected chi connectivity index (χ4v) is 6.46. The number of likely N-dealkylation sites (tertiary alicyclic amines) is 1. The summed E-state index contributed by atoms with van der Waals surface area (Å²) in [5.74, 6) is -0.125. The van der Waals surface area contributed by atoms with Gasteiger partial charge in [-0.2, -0.15) is 23.1 Å². The van der Waals surface area contributed by atoms with E-state index in [1.807, 2.05) is 11.8 Å². The molecule has 2 aromatic rings. The van der Waals surface area contributed by atoms with Crippen molar-refractivity contribution in [2.75, 3.05) is 40.5 Å². The standard InChI is InChI=1S/C32H43F3N4O5/c1-20-25(12-11-24-5-4-6-27(44-24)21-7-9-22(10-8-21)32(33,34)35)37-31(42-3)38-29(20)30(40)39-16-13-23(14-17-39)36-26-15-18-43-19-28(26)41-2/h7-10,23-24,26-28,36H,4-6,11-19H2,1-3H3/t24-,26-,27+,28+/m1/s1. The number of piperidine rings is 1. The largest absolute Gasteiger partial charge is 0.467 e. The van der Waals surface area contributed by atoms with E-state index in [2.05, 4.69) is 15.3 Å². The number of aromatic nitrogens is 2. The van der Waals surface area contributed by atoms with Crippen molar-refractivity contribution in [1.29, 1.82) is 0 Å². The average Bonchev–Trinajstić information content (AvgIpc) is 3.04. The molecule has 0 aliphatic carbocycles. The molecule has 0 saturated carbocycles. The molecule has 12 heteroatoms. The fraction of sp³-hybridized carbons (Fsp3) is 0.656. The Kier molecular flexibility index (Phi) is 10.8. The highest BCUT2D eigenvalue weighted by Gasteiger charge is 2.33. The molecule has 44 heavy (non-hydrogen) atoms. The molecule has 1 N–H and O–H groups in total. The first kappa shape index (κ1) is 32.6. The van der Waals surface area contributed by atoms with Crippen molar-refractivity contribution in [2.24, 2.45) is 0 Å². The van der Waals surface area contributed by atoms with Crippen molar-refractivity contribution in [3.05, 3.63) is 52.3 Å². The number of nitrogens with one attached hydrogen (secondary N) is 1. The van der Waals surface area contributed by atoms with Crippen LogP contribution in [0.4, 0.5) is 13.2 Å². The number of halogens is 3. The summed E-state index contributed by atoms with van der Waals surface area (Å²) in [4.78, 5) is 24.5. The van der Waals surface area contributed by atoms with E-state index in [0.717, 1.165) is 74.1 Å². The van der Waals surface area contributed by atoms with E-state index in [0.29, 0.717) is 44.3 Å². The zero-order chi connectivity index (χ0) is 31.3. The van der Waals surface area contributed by atoms with Gasteiger partial charge in [-0.05, 0) is 76.0 Å². The van der Waals surface area contributed by atoms with Gasteiger partial charge in [0, 0.05) is 44.5 Å². The van der Waals surface area contributed by atoms with Crippen molar-refractivity contribution < 1.29 is 36.9 Å². The maximum Gasteiger partial charge on any atom is 0.416 e. The van der Waals surface area contributed by atoms with Gasteiger partial charge < -0.3 is 29.2 Å². The predicted octanol–water partition coefficient (Wildman–Crippen LogP) is 5.05. The van der Waals surface area contributed by atoms with Gasteiger partial charge in [-0.25, -0.2) is 0 Å². The van der Waals surface area contributed by atoms with E-state index in [4.69, 9.17) is 18.9 Å². The number of alkyl halides is 3. The first-order valence-corrected chi connectivity index (χ1v) is 15.6. The van der Waals surface area contributed by atoms with Gasteiger partial charge in [-0.15, -0.1) is 0 Å². The van der Waals surface area contributed by atoms with Crippen molar-refractivity contribution in [3.8, 4) is 6.01 Å². The normalized spacial score (nSPS) is 25.2. The van der Waals surface area contributed by atoms with Crippen LogP contribution >= 0.6 is 0 Å². The molecule has 4 heterocycles. The molecule has 3 fully saturated rings. The Bertz CT molecular complexity index is 1250. The van der Waals surface area contributed by atoms with E-state index >= 15 is 0 Å². The smallest absolute Gasteiger partial charge is 0.416 e. The lowest BCUT2D eigenvalue weighted by atomic mass is 9.95. The third-order valence-electron chi connectivity index (χ3n) is 9.11. The molecule has 3 saturated heterocycles. The zero-order valence-corrected chi connectivity index (χ0v) is 25.7. The monoisotopic (exact) mass is 620 g/mol. The third kappa shape index (κ3) is 7.88. The maximum absolute atomic E-state index is 13.7. The maximum atomic E-state index is 13.7. The lowest BCUT2D eigenvalue weighted by Crippen LogP contribution is -2.54. The highest BCUT2D eigenvalue weighted by molar-refractivity contribution is 5.94. The van der Waals surface area contributed by atoms with E-state index in [1.165, 1.54) is 19.2 Å². The molecule has 0 radical (unpaired) electrons. The number of nitrogens with zero attached hydrogens (tertiary/aromatic N) is 3. The Morgan fingerprint density at radius 3 is 2.50 bits per heavy atom. The minimum atomic E-state index is -4.36. The molecule has 3 aliphatic rings. The molecule has 242 valence electrons. The van der Waals surface area contributed by atoms with Crippen LogP contribution in [0.5, 0.6) is 6.01 Å². The summed E-state index contributed by atoms with van der Waals surface area (Å²) < 4.78 is 61.8. The number of hydrogen-bond donors (Lipinski definition) is 1. The van der Waals surface area contributed by atoms with Crippen molar-refractivity contribution >= 4 is 5.91 Å². The molecule has 0 unspecified atom stereocenters. The first-order chi connectivity index (χ1) is 21.2. The number of benzene rings is 1. The Labute approximate surface area is 256 Å². The Hall–Kier alpha value is -2.80. The van der Waals surface area contributed by atoms with Crippen LogP contribution in [0.2, 0.25) is 0 Å². The van der Waals surface area contributed by atoms with Gasteiger partial charge in [-0.3, -0.25) is 4.79 Å². The number of hydrogen-bond acceptors (Lipinski definition) is 8. The van der Waals surface area contributed by atoms with E-state index in [9.17, 15) is 18.0 Å². The summed E-state index contributed by atoms with van der Waals surface area (Å²) in [5.41, 5.74) is 1.91. The Balaban J connectivity index is 1.18. The number of methoxy groups -OCH3 is 2. The van der Waals surface area contributed by atoms with Gasteiger partial charge in [-0.1, -0.05) is 12.1 Å². The summed E-state index contributed by atoms with van der Waals surface area (Å²) in [6.07, 6.45) is 1.68. The molecular weight excluding hydrogens is 577 g/mol. The molecule has 1 amide bonds. The van der Waals surface area contributed by atoms with Crippen LogP contribution in [0, 0.1) is 6.92 Å². The number of carbonyl (C=O) groups is 1. The van der Waals surface area contributed by atoms with Crippen LogP contribution in [0.3, 0.4) is 0 Å². The molecule has 3 aliphatic heterocycles. The predicted molar refractivity (Wildman–Crippen MR) is 157 cm³/mol. The number of rotatable bonds is 9. The van der Waals surface area contributed by atoms with Gasteiger partial charge in [0.25, 0.3) is 5.91 Å². The lowest BCUT2D eigenvalue weighted by molar-refractivity contribution is -0.137. The van der Waals surface area contributed by atoms with Crippen LogP contribution in [0.25, 0.3) is 0 Å². The van der Waals surface area contributed by atoms with Crippen molar-refractivity contribution in [1.82, 2.24) is 20.2 Å². The summed E-state index contributed by atoms with van der Waals surface area (Å²) in [6, 6.07) is 5.94. The minimum Gasteiger partial charge on any atom is -0.467 e. The molecule has 0 spiro atoms. The van der Waals surface area contributed by atoms with Gasteiger partial charge in [0.15, 0.2) is 0 Å². The average molecular weight is 621 g/mol. The molecule has 1 aromatic carbocycles. The number of amides is 1. The summed E-state index contributed by atoms with van der Waals surface area (Å²) in [7, 11) is 3.20. The Morgan fingerprint density at radius 1 is 1.07 bits per heavy atom. The van der Waals surface area contributed by atoms with Gasteiger partial charge >= 0.3 is 12.2 Å². The van der Waals surface area contributed by atoms with E-state index in [1.54, 1.807) is 7.11 Å². The number of carbonyl (C=O) groups excluding carboxylic acids is 1. The summed E-state index contributed by atoms with van der Waals surface area (Å²) in [5, 5.41) is 3.72. The molecule has 5 rings (SSSR count). The van der Waals surface area contributed by atoms with Gasteiger partial charge in [0.05, 0.1) is 43.3 Å². The number of aryl methyl sites for hydroxylation is 1. The molecule has 4 atom stereocenters. The van der Waals surface area contributed by atoms with Crippen LogP contribution in [-0.4, -0.2) is 85.6 Å². The van der Waals surface area contributed by atoms with Gasteiger partial charge in [0.1, 0.15) is 5.69 Å². The molecular formula is C32H43F3N4O5. The second-order valence-electron chi connectivity index (χ2n) is 11.9. The van der Waals surface area contributed by atoms with Crippen molar-refractivity contribution in [3.63, 3.8) is 0 Å². The van der Waals surface area contributed by atoms with Crippen LogP contribution in [0.1, 0.15) is 83.9 Å². The summed E-state index contributed by atoms with van der Waals surface area (Å²) >= 11 is 0. The van der Waals surface area contributed by atoms with Crippen molar-refractivity contribution in [2.45, 2.75) is 94.9 Å². The molecule has 9 nitrogen and oxygen atoms in total. The minimum absolute atomic E-state index is 0.0349. The SMILES string of the molecule is COc1nc(CC[C@H]2CCC[C@@H](c3ccc(C(F)(F)F)cc3)O2)c(C)c(C(=O)N2CCC(N[C@@H]3CCOC[C@@H]3OC)CC2)n1. The second-order valence-corrected chi connectivity index (χ2v) is 11.9. The quantitative estimate of drug-likeness (QED) is 0.416. The molecule has 1 aromatic heterocycles. The first-order valence-electron chi connectivity index (χ1n) is 15.6. The van der Waals surface area contributed by atoms with E-state index < -0.39 is 11.7 Å². The van der Waals surface area contributed by atoms with Crippen LogP contribution < -0.4 is 10.1 Å². The van der Waals surface area contributed by atoms with Crippen LogP contribution in [0.15, 0.2) is 24.3 Å². The topological polar surface area (TPSA) is 95.0 Å². The highest BCUT2D eigenvalue weighted by atomic mass is 19.4. The lowest BCUT2D eigenvalue weighted by Gasteiger charge is -2.38. The Morgan fingerprint density at radius 2 is 1.82 bits per heavy atom. The zero-order valence-electron chi connectivity index (χ0n) is 25.7. The third-order valence-corrected chi connectivity index (χ3v) is 9.11. The highest BCUT2D eigenvalue weighted by Crippen LogP contribution is 2.35. The van der Waals surface area contributed by atoms with Crippen LogP contribution in [-0.2, 0) is 26.8 Å². The second kappa shape index (κ2) is 14.5. The number of ether oxygens (including phenoxy) is 4.